The summed E-state index contributed by atoms with van der Waals surface area (Å²) in [6.45, 7) is 2.66. The summed E-state index contributed by atoms with van der Waals surface area (Å²) < 4.78 is 0. The summed E-state index contributed by atoms with van der Waals surface area (Å²) in [5, 5.41) is 2.83. The molecule has 5 nitrogen and oxygen atoms in total. The van der Waals surface area contributed by atoms with Gasteiger partial charge in [-0.3, -0.25) is 19.3 Å². The number of nitrogens with one attached hydrogen (secondary N) is 1. The van der Waals surface area contributed by atoms with Crippen molar-refractivity contribution in [3.8, 4) is 0 Å². The van der Waals surface area contributed by atoms with Crippen LogP contribution in [-0.4, -0.2) is 35.7 Å². The summed E-state index contributed by atoms with van der Waals surface area (Å²) in [6.07, 6.45) is 0.860. The maximum atomic E-state index is 12.2. The normalized spacial score (nSPS) is 13.1. The molecule has 0 atom stereocenters. The van der Waals surface area contributed by atoms with Crippen molar-refractivity contribution in [1.82, 2.24) is 10.2 Å². The topological polar surface area (TPSA) is 66.5 Å². The van der Waals surface area contributed by atoms with Gasteiger partial charge in [0.2, 0.25) is 5.91 Å². The van der Waals surface area contributed by atoms with Gasteiger partial charge in [0.15, 0.2) is 0 Å². The quantitative estimate of drug-likeness (QED) is 0.824. The summed E-state index contributed by atoms with van der Waals surface area (Å²) in [5.74, 6) is -0.815. The molecule has 1 N–H and O–H groups in total. The monoisotopic (exact) mass is 336 g/mol. The lowest BCUT2D eigenvalue weighted by atomic mass is 10.1. The molecule has 0 saturated carbocycles. The highest BCUT2D eigenvalue weighted by Gasteiger charge is 2.34. The maximum absolute atomic E-state index is 12.2. The highest BCUT2D eigenvalue weighted by Crippen LogP contribution is 2.22. The van der Waals surface area contributed by atoms with Crippen molar-refractivity contribution >= 4 is 17.7 Å². The zero-order valence-corrected chi connectivity index (χ0v) is 14.1. The second-order valence-electron chi connectivity index (χ2n) is 6.14. The smallest absolute Gasteiger partial charge is 0.261 e. The van der Waals surface area contributed by atoms with Crippen LogP contribution >= 0.6 is 0 Å². The van der Waals surface area contributed by atoms with E-state index in [9.17, 15) is 14.4 Å². The third-order valence-corrected chi connectivity index (χ3v) is 4.30. The Bertz CT molecular complexity index is 777. The van der Waals surface area contributed by atoms with Crippen molar-refractivity contribution in [3.63, 3.8) is 0 Å². The molecule has 2 aromatic carbocycles. The summed E-state index contributed by atoms with van der Waals surface area (Å²) in [5.41, 5.74) is 3.18. The van der Waals surface area contributed by atoms with E-state index in [1.165, 1.54) is 5.56 Å². The van der Waals surface area contributed by atoms with Crippen molar-refractivity contribution in [2.45, 2.75) is 19.8 Å². The van der Waals surface area contributed by atoms with Crippen LogP contribution in [0.3, 0.4) is 0 Å². The first-order chi connectivity index (χ1) is 12.1. The van der Waals surface area contributed by atoms with Gasteiger partial charge in [-0.2, -0.15) is 0 Å². The summed E-state index contributed by atoms with van der Waals surface area (Å²) in [4.78, 5) is 37.6. The van der Waals surface area contributed by atoms with Crippen molar-refractivity contribution in [3.05, 3.63) is 70.8 Å². The van der Waals surface area contributed by atoms with Crippen LogP contribution in [0.4, 0.5) is 0 Å². The minimum Gasteiger partial charge on any atom is -0.356 e. The van der Waals surface area contributed by atoms with Crippen LogP contribution in [0.15, 0.2) is 48.5 Å². The lowest BCUT2D eigenvalue weighted by Crippen LogP contribution is -2.35. The highest BCUT2D eigenvalue weighted by molar-refractivity contribution is 6.21. The zero-order valence-electron chi connectivity index (χ0n) is 14.1. The molecule has 128 valence electrons. The molecule has 1 heterocycles. The van der Waals surface area contributed by atoms with Gasteiger partial charge >= 0.3 is 0 Å². The van der Waals surface area contributed by atoms with Gasteiger partial charge < -0.3 is 5.32 Å². The van der Waals surface area contributed by atoms with E-state index in [-0.39, 0.29) is 30.7 Å². The molecule has 1 aliphatic rings. The van der Waals surface area contributed by atoms with Gasteiger partial charge in [0.05, 0.1) is 11.1 Å². The van der Waals surface area contributed by atoms with E-state index in [2.05, 4.69) is 5.32 Å². The fourth-order valence-corrected chi connectivity index (χ4v) is 2.84. The van der Waals surface area contributed by atoms with Crippen molar-refractivity contribution in [2.24, 2.45) is 0 Å². The Hall–Kier alpha value is -2.95. The number of fused-ring (bicyclic) bond motifs is 1. The largest absolute Gasteiger partial charge is 0.356 e. The molecule has 0 aromatic heterocycles. The number of hydrogen-bond acceptors (Lipinski definition) is 3. The van der Waals surface area contributed by atoms with E-state index in [0.717, 1.165) is 16.9 Å². The highest BCUT2D eigenvalue weighted by atomic mass is 16.2. The summed E-state index contributed by atoms with van der Waals surface area (Å²) in [6, 6.07) is 14.9. The third-order valence-electron chi connectivity index (χ3n) is 4.30. The van der Waals surface area contributed by atoms with Gasteiger partial charge in [0, 0.05) is 19.5 Å². The van der Waals surface area contributed by atoms with Gasteiger partial charge in [0.1, 0.15) is 0 Å². The average molecular weight is 336 g/mol. The van der Waals surface area contributed by atoms with E-state index in [4.69, 9.17) is 0 Å². The molecule has 0 spiro atoms. The van der Waals surface area contributed by atoms with E-state index in [1.807, 2.05) is 31.2 Å². The molecule has 0 aliphatic carbocycles. The Morgan fingerprint density at radius 2 is 1.56 bits per heavy atom. The zero-order chi connectivity index (χ0) is 17.8. The predicted octanol–water partition coefficient (Wildman–Crippen LogP) is 2.34. The minimum atomic E-state index is -0.326. The van der Waals surface area contributed by atoms with Crippen LogP contribution in [0.5, 0.6) is 0 Å². The SMILES string of the molecule is Cc1ccc(CCNC(=O)CCN2C(=O)c3ccccc3C2=O)cc1. The van der Waals surface area contributed by atoms with Crippen LogP contribution in [0.2, 0.25) is 0 Å². The predicted molar refractivity (Wildman–Crippen MR) is 94.3 cm³/mol. The standard InChI is InChI=1S/C20H20N2O3/c1-14-6-8-15(9-7-14)10-12-21-18(23)11-13-22-19(24)16-4-2-3-5-17(16)20(22)25/h2-9H,10-13H2,1H3,(H,21,23). The summed E-state index contributed by atoms with van der Waals surface area (Å²) in [7, 11) is 0. The van der Waals surface area contributed by atoms with E-state index in [1.54, 1.807) is 24.3 Å². The molecule has 5 heteroatoms. The molecule has 0 radical (unpaired) electrons. The molecule has 0 saturated heterocycles. The van der Waals surface area contributed by atoms with Gasteiger partial charge in [-0.05, 0) is 31.0 Å². The van der Waals surface area contributed by atoms with Crippen LogP contribution in [0.1, 0.15) is 38.3 Å². The van der Waals surface area contributed by atoms with Crippen LogP contribution in [-0.2, 0) is 11.2 Å². The number of hydrogen-bond donors (Lipinski definition) is 1. The molecule has 3 rings (SSSR count). The van der Waals surface area contributed by atoms with Crippen LogP contribution in [0, 0.1) is 6.92 Å². The number of amides is 3. The van der Waals surface area contributed by atoms with Gasteiger partial charge in [0.25, 0.3) is 11.8 Å². The second kappa shape index (κ2) is 7.30. The third kappa shape index (κ3) is 3.76. The number of benzene rings is 2. The second-order valence-corrected chi connectivity index (χ2v) is 6.14. The van der Waals surface area contributed by atoms with Gasteiger partial charge in [-0.25, -0.2) is 0 Å². The maximum Gasteiger partial charge on any atom is 0.261 e. The molecule has 0 bridgehead atoms. The molecule has 2 aromatic rings. The van der Waals surface area contributed by atoms with E-state index >= 15 is 0 Å². The average Bonchev–Trinajstić information content (AvgIpc) is 2.86. The molecular formula is C20H20N2O3. The van der Waals surface area contributed by atoms with Crippen molar-refractivity contribution in [2.75, 3.05) is 13.1 Å². The Morgan fingerprint density at radius 1 is 0.960 bits per heavy atom. The number of imide groups is 1. The number of rotatable bonds is 6. The number of nitrogens with zero attached hydrogens (tertiary/aromatic N) is 1. The fourth-order valence-electron chi connectivity index (χ4n) is 2.84. The van der Waals surface area contributed by atoms with Crippen LogP contribution in [0.25, 0.3) is 0 Å². The fraction of sp³-hybridized carbons (Fsp3) is 0.250. The molecule has 0 fully saturated rings. The Kier molecular flexibility index (Phi) is 4.93. The van der Waals surface area contributed by atoms with E-state index < -0.39 is 0 Å². The lowest BCUT2D eigenvalue weighted by Gasteiger charge is -2.13. The lowest BCUT2D eigenvalue weighted by molar-refractivity contribution is -0.121. The number of carbonyl (C=O) groups excluding carboxylic acids is 3. The minimum absolute atomic E-state index is 0.0999. The first-order valence-electron chi connectivity index (χ1n) is 8.34. The van der Waals surface area contributed by atoms with Crippen molar-refractivity contribution < 1.29 is 14.4 Å². The Morgan fingerprint density at radius 3 is 2.16 bits per heavy atom. The van der Waals surface area contributed by atoms with Gasteiger partial charge in [-0.15, -0.1) is 0 Å². The Balaban J connectivity index is 1.46. The van der Waals surface area contributed by atoms with Gasteiger partial charge in [-0.1, -0.05) is 42.0 Å². The number of aryl methyl sites for hydroxylation is 1. The van der Waals surface area contributed by atoms with Crippen LogP contribution < -0.4 is 5.32 Å². The van der Waals surface area contributed by atoms with Crippen molar-refractivity contribution in [1.29, 1.82) is 0 Å². The molecule has 3 amide bonds. The van der Waals surface area contributed by atoms with E-state index in [0.29, 0.717) is 17.7 Å². The first-order valence-corrected chi connectivity index (χ1v) is 8.34. The summed E-state index contributed by atoms with van der Waals surface area (Å²) >= 11 is 0. The molecule has 0 unspecified atom stereocenters. The molecule has 25 heavy (non-hydrogen) atoms. The molecular weight excluding hydrogens is 316 g/mol. The Labute approximate surface area is 146 Å². The first kappa shape index (κ1) is 16.9. The number of carbonyl (C=O) groups is 3. The molecule has 1 aliphatic heterocycles.